The number of anilines is 1. The largest absolute Gasteiger partial charge is 0.378 e. The molecule has 3 rings (SSSR count). The molecule has 1 amide bonds. The molecule has 0 aliphatic rings. The number of nitrogens with zero attached hydrogens (tertiary/aromatic N) is 3. The first kappa shape index (κ1) is 25.7. The number of hydrazone groups is 1. The standard InChI is InChI=1S/C24H24Cl2N4O3S/c1-29(2)21-11-8-18(9-12-21)15-27-28-24(31)17-30(16-19-6-4-3-5-7-19)34(32,33)23-14-20(25)10-13-22(23)26/h3-15H,16-17H2,1-2H3,(H,28,31)/b27-15+. The minimum Gasteiger partial charge on any atom is -0.378 e. The Morgan fingerprint density at radius 1 is 1.00 bits per heavy atom. The van der Waals surface area contributed by atoms with Crippen LogP contribution >= 0.6 is 23.2 Å². The van der Waals surface area contributed by atoms with Crippen molar-refractivity contribution in [1.29, 1.82) is 0 Å². The quantitative estimate of drug-likeness (QED) is 0.336. The average Bonchev–Trinajstić information content (AvgIpc) is 2.81. The normalized spacial score (nSPS) is 11.7. The Hall–Kier alpha value is -2.91. The molecule has 0 bridgehead atoms. The van der Waals surface area contributed by atoms with E-state index >= 15 is 0 Å². The minimum atomic E-state index is -4.14. The van der Waals surface area contributed by atoms with E-state index < -0.39 is 22.5 Å². The lowest BCUT2D eigenvalue weighted by Crippen LogP contribution is -2.39. The predicted octanol–water partition coefficient (Wildman–Crippen LogP) is 4.40. The average molecular weight is 519 g/mol. The number of benzene rings is 3. The zero-order valence-corrected chi connectivity index (χ0v) is 21.0. The van der Waals surface area contributed by atoms with E-state index in [4.69, 9.17) is 23.2 Å². The van der Waals surface area contributed by atoms with E-state index in [0.717, 1.165) is 15.6 Å². The van der Waals surface area contributed by atoms with Gasteiger partial charge in [0, 0.05) is 31.4 Å². The summed E-state index contributed by atoms with van der Waals surface area (Å²) in [6.07, 6.45) is 1.49. The molecule has 0 radical (unpaired) electrons. The van der Waals surface area contributed by atoms with Gasteiger partial charge in [-0.25, -0.2) is 13.8 Å². The number of nitrogens with one attached hydrogen (secondary N) is 1. The maximum absolute atomic E-state index is 13.4. The highest BCUT2D eigenvalue weighted by Crippen LogP contribution is 2.28. The summed E-state index contributed by atoms with van der Waals surface area (Å²) < 4.78 is 27.8. The molecular weight excluding hydrogens is 495 g/mol. The Balaban J connectivity index is 1.78. The Labute approximate surface area is 209 Å². The summed E-state index contributed by atoms with van der Waals surface area (Å²) >= 11 is 12.2. The zero-order chi connectivity index (χ0) is 24.7. The molecule has 0 unspecified atom stereocenters. The highest BCUT2D eigenvalue weighted by molar-refractivity contribution is 7.89. The maximum Gasteiger partial charge on any atom is 0.255 e. The molecule has 7 nitrogen and oxygen atoms in total. The van der Waals surface area contributed by atoms with Crippen LogP contribution in [-0.2, 0) is 21.4 Å². The van der Waals surface area contributed by atoms with Crippen LogP contribution in [0.3, 0.4) is 0 Å². The van der Waals surface area contributed by atoms with Crippen LogP contribution in [-0.4, -0.2) is 45.5 Å². The highest BCUT2D eigenvalue weighted by atomic mass is 35.5. The van der Waals surface area contributed by atoms with E-state index in [9.17, 15) is 13.2 Å². The van der Waals surface area contributed by atoms with Crippen molar-refractivity contribution >= 4 is 51.0 Å². The van der Waals surface area contributed by atoms with Crippen LogP contribution in [0.1, 0.15) is 11.1 Å². The molecule has 0 saturated heterocycles. The Morgan fingerprint density at radius 3 is 2.32 bits per heavy atom. The van der Waals surface area contributed by atoms with Crippen molar-refractivity contribution in [2.45, 2.75) is 11.4 Å². The molecule has 3 aromatic rings. The Morgan fingerprint density at radius 2 is 1.68 bits per heavy atom. The van der Waals surface area contributed by atoms with Gasteiger partial charge in [0.05, 0.1) is 17.8 Å². The van der Waals surface area contributed by atoms with Gasteiger partial charge in [0.2, 0.25) is 10.0 Å². The second kappa shape index (κ2) is 11.5. The van der Waals surface area contributed by atoms with Crippen LogP contribution in [0.4, 0.5) is 5.69 Å². The van der Waals surface area contributed by atoms with Gasteiger partial charge in [-0.15, -0.1) is 0 Å². The highest BCUT2D eigenvalue weighted by Gasteiger charge is 2.29. The fourth-order valence-corrected chi connectivity index (χ4v) is 5.18. The second-order valence-electron chi connectivity index (χ2n) is 7.61. The molecule has 0 aromatic heterocycles. The van der Waals surface area contributed by atoms with E-state index in [0.29, 0.717) is 5.56 Å². The summed E-state index contributed by atoms with van der Waals surface area (Å²) in [6.45, 7) is -0.494. The number of hydrogen-bond acceptors (Lipinski definition) is 5. The number of sulfonamides is 1. The van der Waals surface area contributed by atoms with Crippen LogP contribution in [0.2, 0.25) is 10.0 Å². The molecule has 0 spiro atoms. The van der Waals surface area contributed by atoms with Crippen LogP contribution < -0.4 is 10.3 Å². The second-order valence-corrected chi connectivity index (χ2v) is 10.4. The number of halogens is 2. The van der Waals surface area contributed by atoms with Crippen molar-refractivity contribution < 1.29 is 13.2 Å². The van der Waals surface area contributed by atoms with Gasteiger partial charge in [-0.05, 0) is 41.5 Å². The maximum atomic E-state index is 13.4. The fourth-order valence-electron chi connectivity index (χ4n) is 3.06. The van der Waals surface area contributed by atoms with Crippen LogP contribution in [0.5, 0.6) is 0 Å². The van der Waals surface area contributed by atoms with Gasteiger partial charge < -0.3 is 4.90 Å². The molecule has 0 aliphatic carbocycles. The van der Waals surface area contributed by atoms with E-state index in [2.05, 4.69) is 10.5 Å². The summed E-state index contributed by atoms with van der Waals surface area (Å²) in [5, 5.41) is 4.19. The molecule has 1 N–H and O–H groups in total. The molecule has 0 aliphatic heterocycles. The molecule has 0 atom stereocenters. The first-order valence-electron chi connectivity index (χ1n) is 10.3. The molecule has 0 heterocycles. The molecular formula is C24H24Cl2N4O3S. The summed E-state index contributed by atoms with van der Waals surface area (Å²) in [5.74, 6) is -0.598. The minimum absolute atomic E-state index is 0.0158. The van der Waals surface area contributed by atoms with Crippen LogP contribution in [0.15, 0.2) is 82.8 Å². The summed E-state index contributed by atoms with van der Waals surface area (Å²) in [6, 6.07) is 20.7. The SMILES string of the molecule is CN(C)c1ccc(/C=N/NC(=O)CN(Cc2ccccc2)S(=O)(=O)c2cc(Cl)ccc2Cl)cc1. The summed E-state index contributed by atoms with van der Waals surface area (Å²) in [7, 11) is -0.259. The summed E-state index contributed by atoms with van der Waals surface area (Å²) in [5.41, 5.74) is 4.91. The Kier molecular flexibility index (Phi) is 8.68. The van der Waals surface area contributed by atoms with E-state index in [1.54, 1.807) is 24.3 Å². The van der Waals surface area contributed by atoms with Crippen LogP contribution in [0, 0.1) is 0 Å². The molecule has 34 heavy (non-hydrogen) atoms. The van der Waals surface area contributed by atoms with Crippen molar-refractivity contribution in [2.75, 3.05) is 25.5 Å². The number of rotatable bonds is 9. The first-order valence-corrected chi connectivity index (χ1v) is 12.4. The molecule has 0 fully saturated rings. The van der Waals surface area contributed by atoms with Crippen LogP contribution in [0.25, 0.3) is 0 Å². The topological polar surface area (TPSA) is 82.1 Å². The molecule has 0 saturated carbocycles. The Bertz CT molecular complexity index is 1270. The van der Waals surface area contributed by atoms with Gasteiger partial charge in [0.1, 0.15) is 4.90 Å². The number of hydrogen-bond donors (Lipinski definition) is 1. The van der Waals surface area contributed by atoms with Gasteiger partial charge >= 0.3 is 0 Å². The van der Waals surface area contributed by atoms with Gasteiger partial charge in [-0.2, -0.15) is 9.41 Å². The smallest absolute Gasteiger partial charge is 0.255 e. The predicted molar refractivity (Wildman–Crippen MR) is 137 cm³/mol. The summed E-state index contributed by atoms with van der Waals surface area (Å²) in [4.78, 5) is 14.4. The van der Waals surface area contributed by atoms with Gasteiger partial charge in [0.15, 0.2) is 0 Å². The van der Waals surface area contributed by atoms with Crippen molar-refractivity contribution in [3.05, 3.63) is 94.0 Å². The lowest BCUT2D eigenvalue weighted by molar-refractivity contribution is -0.121. The lowest BCUT2D eigenvalue weighted by Gasteiger charge is -2.22. The molecule has 3 aromatic carbocycles. The van der Waals surface area contributed by atoms with E-state index in [-0.39, 0.29) is 21.5 Å². The van der Waals surface area contributed by atoms with E-state index in [1.807, 2.05) is 49.3 Å². The fraction of sp³-hybridized carbons (Fsp3) is 0.167. The third-order valence-corrected chi connectivity index (χ3v) is 7.35. The van der Waals surface area contributed by atoms with Gasteiger partial charge in [-0.1, -0.05) is 65.7 Å². The monoisotopic (exact) mass is 518 g/mol. The van der Waals surface area contributed by atoms with Crippen molar-refractivity contribution in [1.82, 2.24) is 9.73 Å². The zero-order valence-electron chi connectivity index (χ0n) is 18.7. The van der Waals surface area contributed by atoms with Gasteiger partial charge in [0.25, 0.3) is 5.91 Å². The van der Waals surface area contributed by atoms with E-state index in [1.165, 1.54) is 24.4 Å². The third-order valence-electron chi connectivity index (χ3n) is 4.85. The molecule has 178 valence electrons. The molecule has 10 heteroatoms. The van der Waals surface area contributed by atoms with Crippen molar-refractivity contribution in [2.24, 2.45) is 5.10 Å². The van der Waals surface area contributed by atoms with Crippen molar-refractivity contribution in [3.63, 3.8) is 0 Å². The van der Waals surface area contributed by atoms with Gasteiger partial charge in [-0.3, -0.25) is 4.79 Å². The number of amides is 1. The number of carbonyl (C=O) groups is 1. The van der Waals surface area contributed by atoms with Crippen molar-refractivity contribution in [3.8, 4) is 0 Å². The number of carbonyl (C=O) groups excluding carboxylic acids is 1. The lowest BCUT2D eigenvalue weighted by atomic mass is 10.2. The first-order chi connectivity index (χ1) is 16.2. The third kappa shape index (κ3) is 6.80.